The minimum atomic E-state index is -1.13. The van der Waals surface area contributed by atoms with Gasteiger partial charge in [-0.15, -0.1) is 0 Å². The smallest absolute Gasteiger partial charge is 0.381 e. The van der Waals surface area contributed by atoms with Crippen molar-refractivity contribution >= 4 is 11.9 Å². The summed E-state index contributed by atoms with van der Waals surface area (Å²) >= 11 is 0. The number of carboxylic acids is 1. The monoisotopic (exact) mass is 258 g/mol. The zero-order valence-corrected chi connectivity index (χ0v) is 10.3. The number of rotatable bonds is 4. The summed E-state index contributed by atoms with van der Waals surface area (Å²) in [6.45, 7) is 0.276. The summed E-state index contributed by atoms with van der Waals surface area (Å²) in [7, 11) is 0. The Morgan fingerprint density at radius 3 is 2.74 bits per heavy atom. The first-order chi connectivity index (χ1) is 9.15. The second-order valence-corrected chi connectivity index (χ2v) is 4.53. The molecule has 1 aliphatic carbocycles. The van der Waals surface area contributed by atoms with Gasteiger partial charge in [0.15, 0.2) is 0 Å². The Bertz CT molecular complexity index is 524. The summed E-state index contributed by atoms with van der Waals surface area (Å²) in [5.41, 5.74) is 0.953. The summed E-state index contributed by atoms with van der Waals surface area (Å²) in [4.78, 5) is 21.8. The van der Waals surface area contributed by atoms with E-state index in [-0.39, 0.29) is 24.4 Å². The van der Waals surface area contributed by atoms with Crippen molar-refractivity contribution in [1.82, 2.24) is 0 Å². The fraction of sp³-hybridized carbons (Fsp3) is 0.333. The van der Waals surface area contributed by atoms with Crippen LogP contribution in [0.25, 0.3) is 0 Å². The van der Waals surface area contributed by atoms with E-state index in [1.165, 1.54) is 0 Å². The van der Waals surface area contributed by atoms with Crippen molar-refractivity contribution < 1.29 is 19.4 Å². The van der Waals surface area contributed by atoms with E-state index in [9.17, 15) is 9.59 Å². The van der Waals surface area contributed by atoms with Crippen LogP contribution in [0.3, 0.4) is 0 Å². The van der Waals surface area contributed by atoms with Gasteiger partial charge in [0.2, 0.25) is 0 Å². The second kappa shape index (κ2) is 6.05. The van der Waals surface area contributed by atoms with Gasteiger partial charge in [0.05, 0.1) is 0 Å². The van der Waals surface area contributed by atoms with E-state index in [0.29, 0.717) is 6.42 Å². The number of hydrogen-bond donors (Lipinski definition) is 1. The van der Waals surface area contributed by atoms with Gasteiger partial charge in [-0.2, -0.15) is 0 Å². The molecule has 2 atom stereocenters. The van der Waals surface area contributed by atoms with Crippen LogP contribution in [-0.2, 0) is 20.9 Å². The fourth-order valence-corrected chi connectivity index (χ4v) is 1.82. The minimum Gasteiger partial charge on any atom is -0.472 e. The van der Waals surface area contributed by atoms with E-state index >= 15 is 0 Å². The molecule has 1 fully saturated rings. The predicted octanol–water partition coefficient (Wildman–Crippen LogP) is 1.84. The molecule has 0 spiro atoms. The maximum Gasteiger partial charge on any atom is 0.381 e. The third-order valence-electron chi connectivity index (χ3n) is 2.96. The van der Waals surface area contributed by atoms with Gasteiger partial charge in [0.25, 0.3) is 0 Å². The van der Waals surface area contributed by atoms with E-state index in [1.807, 2.05) is 30.3 Å². The van der Waals surface area contributed by atoms with Crippen LogP contribution in [0, 0.1) is 23.7 Å². The maximum absolute atomic E-state index is 11.6. The van der Waals surface area contributed by atoms with Gasteiger partial charge in [-0.1, -0.05) is 36.3 Å². The van der Waals surface area contributed by atoms with Gasteiger partial charge in [0.1, 0.15) is 6.61 Å². The first-order valence-electron chi connectivity index (χ1n) is 6.09. The lowest BCUT2D eigenvalue weighted by molar-refractivity contribution is -0.145. The number of esters is 1. The molecule has 0 amide bonds. The highest BCUT2D eigenvalue weighted by Gasteiger charge is 2.37. The first-order valence-corrected chi connectivity index (χ1v) is 6.09. The molecule has 0 saturated heterocycles. The second-order valence-electron chi connectivity index (χ2n) is 4.53. The normalized spacial score (nSPS) is 20.0. The van der Waals surface area contributed by atoms with Crippen molar-refractivity contribution in [3.05, 3.63) is 35.9 Å². The van der Waals surface area contributed by atoms with Crippen LogP contribution in [0.4, 0.5) is 0 Å². The molecule has 1 saturated carbocycles. The van der Waals surface area contributed by atoms with Gasteiger partial charge >= 0.3 is 11.9 Å². The summed E-state index contributed by atoms with van der Waals surface area (Å²) in [5.74, 6) is 3.50. The number of aliphatic carboxylic acids is 1. The van der Waals surface area contributed by atoms with Gasteiger partial charge < -0.3 is 9.84 Å². The number of carboxylic acid groups (broad SMARTS) is 1. The molecular formula is C15H14O4. The molecule has 0 aromatic heterocycles. The largest absolute Gasteiger partial charge is 0.472 e. The van der Waals surface area contributed by atoms with Crippen LogP contribution < -0.4 is 0 Å². The number of ether oxygens (including phenoxy) is 1. The predicted molar refractivity (Wildman–Crippen MR) is 67.9 cm³/mol. The summed E-state index contributed by atoms with van der Waals surface area (Å²) < 4.78 is 5.15. The van der Waals surface area contributed by atoms with Crippen LogP contribution in [-0.4, -0.2) is 17.0 Å². The fourth-order valence-electron chi connectivity index (χ4n) is 1.82. The molecular weight excluding hydrogens is 244 g/mol. The minimum absolute atomic E-state index is 0.0281. The number of benzene rings is 1. The van der Waals surface area contributed by atoms with E-state index in [2.05, 4.69) is 11.8 Å². The average molecular weight is 258 g/mol. The molecule has 19 heavy (non-hydrogen) atoms. The van der Waals surface area contributed by atoms with Crippen molar-refractivity contribution in [2.45, 2.75) is 19.4 Å². The zero-order valence-electron chi connectivity index (χ0n) is 10.3. The van der Waals surface area contributed by atoms with Crippen molar-refractivity contribution in [3.8, 4) is 11.8 Å². The Kier molecular flexibility index (Phi) is 4.19. The molecule has 0 aliphatic heterocycles. The highest BCUT2D eigenvalue weighted by Crippen LogP contribution is 2.40. The highest BCUT2D eigenvalue weighted by atomic mass is 16.5. The molecule has 1 aromatic rings. The molecule has 0 unspecified atom stereocenters. The molecule has 1 aromatic carbocycles. The lowest BCUT2D eigenvalue weighted by atomic mass is 10.2. The molecule has 0 bridgehead atoms. The molecule has 1 N–H and O–H groups in total. The first kappa shape index (κ1) is 13.2. The van der Waals surface area contributed by atoms with Crippen molar-refractivity contribution in [3.63, 3.8) is 0 Å². The standard InChI is InChI=1S/C15H14O4/c16-14(17)7-6-12-8-13(12)9-15(18)19-10-11-4-2-1-3-5-11/h1-5,12-13H,8-10H2,(H,16,17)/t12-,13+/m0/s1. The van der Waals surface area contributed by atoms with Crippen molar-refractivity contribution in [2.24, 2.45) is 11.8 Å². The Hall–Kier alpha value is -2.28. The third-order valence-corrected chi connectivity index (χ3v) is 2.96. The Labute approximate surface area is 111 Å². The lowest BCUT2D eigenvalue weighted by Crippen LogP contribution is -2.05. The molecule has 1 aliphatic rings. The van der Waals surface area contributed by atoms with Gasteiger partial charge in [-0.25, -0.2) is 4.79 Å². The summed E-state index contributed by atoms with van der Waals surface area (Å²) in [6, 6.07) is 9.47. The Morgan fingerprint density at radius 2 is 2.05 bits per heavy atom. The Balaban J connectivity index is 1.70. The van der Waals surface area contributed by atoms with E-state index < -0.39 is 5.97 Å². The molecule has 0 heterocycles. The lowest BCUT2D eigenvalue weighted by Gasteiger charge is -2.03. The topological polar surface area (TPSA) is 63.6 Å². The van der Waals surface area contributed by atoms with Gasteiger partial charge in [0, 0.05) is 18.3 Å². The average Bonchev–Trinajstić information content (AvgIpc) is 3.13. The quantitative estimate of drug-likeness (QED) is 0.661. The number of carbonyl (C=O) groups excluding carboxylic acids is 1. The van der Waals surface area contributed by atoms with Crippen LogP contribution in [0.5, 0.6) is 0 Å². The van der Waals surface area contributed by atoms with Crippen molar-refractivity contribution in [1.29, 1.82) is 0 Å². The SMILES string of the molecule is O=C(O)C#C[C@H]1C[C@@H]1CC(=O)OCc1ccccc1. The third kappa shape index (κ3) is 4.47. The highest BCUT2D eigenvalue weighted by molar-refractivity contribution is 5.86. The maximum atomic E-state index is 11.6. The molecule has 0 radical (unpaired) electrons. The Morgan fingerprint density at radius 1 is 1.32 bits per heavy atom. The van der Waals surface area contributed by atoms with E-state index in [4.69, 9.17) is 9.84 Å². The van der Waals surface area contributed by atoms with Crippen molar-refractivity contribution in [2.75, 3.05) is 0 Å². The zero-order chi connectivity index (χ0) is 13.7. The summed E-state index contributed by atoms with van der Waals surface area (Å²) in [6.07, 6.45) is 1.09. The summed E-state index contributed by atoms with van der Waals surface area (Å²) in [5, 5.41) is 8.40. The molecule has 98 valence electrons. The molecule has 4 heteroatoms. The molecule has 4 nitrogen and oxygen atoms in total. The van der Waals surface area contributed by atoms with E-state index in [1.54, 1.807) is 0 Å². The van der Waals surface area contributed by atoms with Crippen LogP contribution in [0.15, 0.2) is 30.3 Å². The number of hydrogen-bond acceptors (Lipinski definition) is 3. The molecule has 2 rings (SSSR count). The van der Waals surface area contributed by atoms with Crippen LogP contribution >= 0.6 is 0 Å². The number of carbonyl (C=O) groups is 2. The van der Waals surface area contributed by atoms with E-state index in [0.717, 1.165) is 12.0 Å². The van der Waals surface area contributed by atoms with Crippen LogP contribution in [0.2, 0.25) is 0 Å². The van der Waals surface area contributed by atoms with Crippen LogP contribution in [0.1, 0.15) is 18.4 Å². The van der Waals surface area contributed by atoms with Gasteiger partial charge in [-0.05, 0) is 17.9 Å². The van der Waals surface area contributed by atoms with Gasteiger partial charge in [-0.3, -0.25) is 4.79 Å².